The molecule has 0 bridgehead atoms. The quantitative estimate of drug-likeness (QED) is 0.682. The van der Waals surface area contributed by atoms with E-state index in [1.807, 2.05) is 0 Å². The van der Waals surface area contributed by atoms with E-state index in [2.05, 4.69) is 5.32 Å². The van der Waals surface area contributed by atoms with Crippen LogP contribution in [-0.4, -0.2) is 64.4 Å². The van der Waals surface area contributed by atoms with Crippen molar-refractivity contribution < 1.29 is 24.3 Å². The predicted molar refractivity (Wildman–Crippen MR) is 71.3 cm³/mol. The summed E-state index contributed by atoms with van der Waals surface area (Å²) in [7, 11) is 1.49. The number of rotatable bonds is 5. The highest BCUT2D eigenvalue weighted by molar-refractivity contribution is 6.04. The molecule has 21 heavy (non-hydrogen) atoms. The summed E-state index contributed by atoms with van der Waals surface area (Å²) in [6.07, 6.45) is 2.79. The van der Waals surface area contributed by atoms with Gasteiger partial charge in [0.2, 0.25) is 5.91 Å². The molecule has 8 heteroatoms. The topological polar surface area (TPSA) is 107 Å². The molecular weight excluding hydrogens is 278 g/mol. The van der Waals surface area contributed by atoms with E-state index in [1.54, 1.807) is 0 Å². The number of urea groups is 1. The summed E-state index contributed by atoms with van der Waals surface area (Å²) in [4.78, 5) is 48.5. The number of carbonyl (C=O) groups is 4. The standard InChI is InChI=1S/C13H19N3O5/c1-15-8-10(18)16(12(15)21)7-9(17)14-13(6-11(19)20)4-2-3-5-13/h2-8H2,1H3,(H,14,17)(H,19,20). The normalized spacial score (nSPS) is 21.0. The lowest BCUT2D eigenvalue weighted by Crippen LogP contribution is -2.51. The monoisotopic (exact) mass is 297 g/mol. The third-order valence-electron chi connectivity index (χ3n) is 3.99. The van der Waals surface area contributed by atoms with Gasteiger partial charge >= 0.3 is 12.0 Å². The Kier molecular flexibility index (Phi) is 4.15. The van der Waals surface area contributed by atoms with Gasteiger partial charge in [0.1, 0.15) is 13.1 Å². The second-order valence-corrected chi connectivity index (χ2v) is 5.72. The van der Waals surface area contributed by atoms with Gasteiger partial charge in [0, 0.05) is 7.05 Å². The summed E-state index contributed by atoms with van der Waals surface area (Å²) in [5.74, 6) is -1.88. The molecule has 0 atom stereocenters. The van der Waals surface area contributed by atoms with Crippen LogP contribution in [0.5, 0.6) is 0 Å². The molecule has 4 amide bonds. The number of hydrogen-bond donors (Lipinski definition) is 2. The lowest BCUT2D eigenvalue weighted by molar-refractivity contribution is -0.139. The van der Waals surface area contributed by atoms with Crippen molar-refractivity contribution >= 4 is 23.8 Å². The van der Waals surface area contributed by atoms with Crippen LogP contribution in [0.1, 0.15) is 32.1 Å². The molecule has 116 valence electrons. The van der Waals surface area contributed by atoms with Crippen molar-refractivity contribution in [1.82, 2.24) is 15.1 Å². The summed E-state index contributed by atoms with van der Waals surface area (Å²) in [5.41, 5.74) is -0.749. The van der Waals surface area contributed by atoms with Gasteiger partial charge in [0.25, 0.3) is 5.91 Å². The molecule has 1 aliphatic heterocycles. The number of carboxylic acids is 1. The third-order valence-corrected chi connectivity index (χ3v) is 3.99. The smallest absolute Gasteiger partial charge is 0.327 e. The maximum atomic E-state index is 12.1. The van der Waals surface area contributed by atoms with E-state index < -0.39 is 29.4 Å². The van der Waals surface area contributed by atoms with Gasteiger partial charge in [-0.05, 0) is 12.8 Å². The van der Waals surface area contributed by atoms with Crippen LogP contribution >= 0.6 is 0 Å². The van der Waals surface area contributed by atoms with E-state index in [-0.39, 0.29) is 19.5 Å². The molecule has 2 N–H and O–H groups in total. The van der Waals surface area contributed by atoms with Gasteiger partial charge in [-0.2, -0.15) is 0 Å². The van der Waals surface area contributed by atoms with Gasteiger partial charge in [-0.3, -0.25) is 19.3 Å². The molecule has 0 aromatic rings. The van der Waals surface area contributed by atoms with Crippen molar-refractivity contribution in [2.75, 3.05) is 20.1 Å². The molecular formula is C13H19N3O5. The Hall–Kier alpha value is -2.12. The molecule has 2 aliphatic rings. The molecule has 0 unspecified atom stereocenters. The maximum absolute atomic E-state index is 12.1. The predicted octanol–water partition coefficient (Wildman–Crippen LogP) is -0.216. The van der Waals surface area contributed by atoms with Gasteiger partial charge in [-0.1, -0.05) is 12.8 Å². The zero-order chi connectivity index (χ0) is 15.6. The Labute approximate surface area is 122 Å². The van der Waals surface area contributed by atoms with Gasteiger partial charge in [0.05, 0.1) is 12.0 Å². The molecule has 1 saturated heterocycles. The molecule has 0 spiro atoms. The summed E-state index contributed by atoms with van der Waals surface area (Å²) < 4.78 is 0. The average molecular weight is 297 g/mol. The Balaban J connectivity index is 1.98. The highest BCUT2D eigenvalue weighted by Crippen LogP contribution is 2.32. The number of amides is 4. The zero-order valence-electron chi connectivity index (χ0n) is 11.9. The number of imide groups is 1. The largest absolute Gasteiger partial charge is 0.481 e. The Morgan fingerprint density at radius 1 is 1.29 bits per heavy atom. The van der Waals surface area contributed by atoms with Crippen molar-refractivity contribution in [1.29, 1.82) is 0 Å². The first-order chi connectivity index (χ1) is 9.83. The fourth-order valence-corrected chi connectivity index (χ4v) is 2.99. The Bertz CT molecular complexity index is 484. The number of carboxylic acid groups (broad SMARTS) is 1. The van der Waals surface area contributed by atoms with Gasteiger partial charge in [-0.25, -0.2) is 4.79 Å². The number of aliphatic carboxylic acids is 1. The zero-order valence-corrected chi connectivity index (χ0v) is 11.9. The van der Waals surface area contributed by atoms with Crippen molar-refractivity contribution in [2.24, 2.45) is 0 Å². The minimum absolute atomic E-state index is 0.0353. The molecule has 0 radical (unpaired) electrons. The van der Waals surface area contributed by atoms with Crippen LogP contribution < -0.4 is 5.32 Å². The molecule has 1 heterocycles. The fraction of sp³-hybridized carbons (Fsp3) is 0.692. The fourth-order valence-electron chi connectivity index (χ4n) is 2.99. The van der Waals surface area contributed by atoms with E-state index >= 15 is 0 Å². The molecule has 8 nitrogen and oxygen atoms in total. The SMILES string of the molecule is CN1CC(=O)N(CC(=O)NC2(CC(=O)O)CCCC2)C1=O. The minimum atomic E-state index is -0.967. The summed E-state index contributed by atoms with van der Waals surface area (Å²) in [6, 6.07) is -0.506. The van der Waals surface area contributed by atoms with Crippen LogP contribution in [0.25, 0.3) is 0 Å². The second kappa shape index (κ2) is 5.71. The Morgan fingerprint density at radius 2 is 1.90 bits per heavy atom. The van der Waals surface area contributed by atoms with E-state index in [0.29, 0.717) is 12.8 Å². The van der Waals surface area contributed by atoms with Crippen molar-refractivity contribution in [2.45, 2.75) is 37.6 Å². The van der Waals surface area contributed by atoms with Gasteiger partial charge in [0.15, 0.2) is 0 Å². The lowest BCUT2D eigenvalue weighted by atomic mass is 9.93. The van der Waals surface area contributed by atoms with E-state index in [1.165, 1.54) is 11.9 Å². The Morgan fingerprint density at radius 3 is 2.38 bits per heavy atom. The van der Waals surface area contributed by atoms with Crippen molar-refractivity contribution in [3.63, 3.8) is 0 Å². The molecule has 2 fully saturated rings. The van der Waals surface area contributed by atoms with Gasteiger partial charge < -0.3 is 15.3 Å². The van der Waals surface area contributed by atoms with Crippen LogP contribution in [-0.2, 0) is 14.4 Å². The molecule has 1 aliphatic carbocycles. The molecule has 1 saturated carbocycles. The number of nitrogens with one attached hydrogen (secondary N) is 1. The summed E-state index contributed by atoms with van der Waals surface area (Å²) in [6.45, 7) is -0.393. The number of nitrogens with zero attached hydrogens (tertiary/aromatic N) is 2. The highest BCUT2D eigenvalue weighted by atomic mass is 16.4. The molecule has 0 aromatic carbocycles. The molecule has 0 aromatic heterocycles. The number of carbonyl (C=O) groups excluding carboxylic acids is 3. The first-order valence-electron chi connectivity index (χ1n) is 6.91. The van der Waals surface area contributed by atoms with Crippen LogP contribution in [0.4, 0.5) is 4.79 Å². The highest BCUT2D eigenvalue weighted by Gasteiger charge is 2.40. The van der Waals surface area contributed by atoms with Crippen LogP contribution in [0, 0.1) is 0 Å². The first kappa shape index (κ1) is 15.3. The van der Waals surface area contributed by atoms with Crippen molar-refractivity contribution in [3.8, 4) is 0 Å². The number of likely N-dealkylation sites (N-methyl/N-ethyl adjacent to an activating group) is 1. The number of hydrogen-bond acceptors (Lipinski definition) is 4. The molecule has 2 rings (SSSR count). The summed E-state index contributed by atoms with van der Waals surface area (Å²) >= 11 is 0. The van der Waals surface area contributed by atoms with Crippen LogP contribution in [0.3, 0.4) is 0 Å². The van der Waals surface area contributed by atoms with Crippen LogP contribution in [0.2, 0.25) is 0 Å². The van der Waals surface area contributed by atoms with Gasteiger partial charge in [-0.15, -0.1) is 0 Å². The maximum Gasteiger partial charge on any atom is 0.327 e. The van der Waals surface area contributed by atoms with E-state index in [9.17, 15) is 19.2 Å². The average Bonchev–Trinajstić information content (AvgIpc) is 2.89. The third kappa shape index (κ3) is 3.32. The van der Waals surface area contributed by atoms with E-state index in [4.69, 9.17) is 5.11 Å². The second-order valence-electron chi connectivity index (χ2n) is 5.72. The lowest BCUT2D eigenvalue weighted by Gasteiger charge is -2.29. The summed E-state index contributed by atoms with van der Waals surface area (Å²) in [5, 5.41) is 11.7. The minimum Gasteiger partial charge on any atom is -0.481 e. The van der Waals surface area contributed by atoms with Crippen LogP contribution in [0.15, 0.2) is 0 Å². The van der Waals surface area contributed by atoms with Crippen molar-refractivity contribution in [3.05, 3.63) is 0 Å². The first-order valence-corrected chi connectivity index (χ1v) is 6.91. The van der Waals surface area contributed by atoms with E-state index in [0.717, 1.165) is 17.7 Å².